The molecule has 2 aliphatic rings. The molecule has 7 nitrogen and oxygen atoms in total. The number of carbonyl (C=O) groups excluding carboxylic acids is 1. The molecule has 1 fully saturated rings. The third kappa shape index (κ3) is 4.96. The fourth-order valence-corrected chi connectivity index (χ4v) is 3.96. The summed E-state index contributed by atoms with van der Waals surface area (Å²) in [4.78, 5) is 20.5. The van der Waals surface area contributed by atoms with Gasteiger partial charge < -0.3 is 19.5 Å². The Morgan fingerprint density at radius 1 is 1.24 bits per heavy atom. The van der Waals surface area contributed by atoms with Gasteiger partial charge in [0.05, 0.1) is 6.20 Å². The zero-order chi connectivity index (χ0) is 20.3. The van der Waals surface area contributed by atoms with E-state index < -0.39 is 0 Å². The van der Waals surface area contributed by atoms with Crippen molar-refractivity contribution in [3.8, 4) is 17.4 Å². The molecule has 7 heteroatoms. The number of ether oxygens (including phenoxy) is 3. The van der Waals surface area contributed by atoms with Crippen LogP contribution < -0.4 is 19.5 Å². The number of nitrogens with one attached hydrogen (secondary N) is 1. The Bertz CT molecular complexity index is 848. The number of para-hydroxylation sites is 1. The summed E-state index contributed by atoms with van der Waals surface area (Å²) >= 11 is 0. The molecule has 1 amide bonds. The maximum absolute atomic E-state index is 12.4. The summed E-state index contributed by atoms with van der Waals surface area (Å²) in [6.45, 7) is 4.08. The van der Waals surface area contributed by atoms with E-state index in [1.807, 2.05) is 32.0 Å². The van der Waals surface area contributed by atoms with Crippen LogP contribution in [0.1, 0.15) is 45.1 Å². The van der Waals surface area contributed by atoms with E-state index in [1.54, 1.807) is 18.6 Å². The first-order valence-corrected chi connectivity index (χ1v) is 10.1. The van der Waals surface area contributed by atoms with Crippen LogP contribution in [0.2, 0.25) is 0 Å². The van der Waals surface area contributed by atoms with Crippen molar-refractivity contribution in [3.63, 3.8) is 0 Å². The molecule has 29 heavy (non-hydrogen) atoms. The van der Waals surface area contributed by atoms with Crippen LogP contribution in [-0.4, -0.2) is 40.2 Å². The molecule has 1 saturated carbocycles. The number of hydrogen-bond acceptors (Lipinski definition) is 6. The van der Waals surface area contributed by atoms with Gasteiger partial charge in [-0.1, -0.05) is 12.1 Å². The van der Waals surface area contributed by atoms with Crippen LogP contribution in [0.15, 0.2) is 36.8 Å². The molecule has 1 aromatic heterocycles. The van der Waals surface area contributed by atoms with Crippen molar-refractivity contribution in [2.24, 2.45) is 0 Å². The van der Waals surface area contributed by atoms with Crippen molar-refractivity contribution in [2.45, 2.75) is 63.7 Å². The summed E-state index contributed by atoms with van der Waals surface area (Å²) in [6.07, 6.45) is 9.30. The molecule has 2 heterocycles. The second kappa shape index (κ2) is 8.27. The lowest BCUT2D eigenvalue weighted by Crippen LogP contribution is -2.41. The van der Waals surface area contributed by atoms with Crippen LogP contribution in [0.25, 0.3) is 0 Å². The van der Waals surface area contributed by atoms with Gasteiger partial charge in [-0.3, -0.25) is 9.78 Å². The van der Waals surface area contributed by atoms with E-state index in [2.05, 4.69) is 15.3 Å². The van der Waals surface area contributed by atoms with Crippen molar-refractivity contribution >= 4 is 5.91 Å². The van der Waals surface area contributed by atoms with Crippen LogP contribution in [0.4, 0.5) is 0 Å². The largest absolute Gasteiger partial charge is 0.483 e. The molecule has 0 spiro atoms. The molecule has 0 bridgehead atoms. The third-order valence-corrected chi connectivity index (χ3v) is 5.28. The fraction of sp³-hybridized carbons (Fsp3) is 0.500. The number of hydrogen-bond donors (Lipinski definition) is 1. The Kier molecular flexibility index (Phi) is 5.56. The molecular formula is C22H27N3O4. The van der Waals surface area contributed by atoms with Gasteiger partial charge in [0.2, 0.25) is 5.88 Å². The van der Waals surface area contributed by atoms with Crippen LogP contribution >= 0.6 is 0 Å². The molecule has 0 saturated heterocycles. The predicted molar refractivity (Wildman–Crippen MR) is 107 cm³/mol. The average molecular weight is 397 g/mol. The lowest BCUT2D eigenvalue weighted by Gasteiger charge is -2.29. The van der Waals surface area contributed by atoms with Crippen LogP contribution in [0.3, 0.4) is 0 Å². The summed E-state index contributed by atoms with van der Waals surface area (Å²) < 4.78 is 17.6. The number of benzene rings is 1. The number of carbonyl (C=O) groups is 1. The van der Waals surface area contributed by atoms with Crippen molar-refractivity contribution in [1.29, 1.82) is 0 Å². The lowest BCUT2D eigenvalue weighted by atomic mass is 9.93. The molecule has 1 N–H and O–H groups in total. The summed E-state index contributed by atoms with van der Waals surface area (Å²) in [5.41, 5.74) is 0.880. The highest BCUT2D eigenvalue weighted by Gasteiger charge is 2.32. The molecular weight excluding hydrogens is 370 g/mol. The van der Waals surface area contributed by atoms with Crippen molar-refractivity contribution in [1.82, 2.24) is 15.3 Å². The van der Waals surface area contributed by atoms with E-state index in [0.29, 0.717) is 11.6 Å². The Hall–Kier alpha value is -2.83. The first-order valence-electron chi connectivity index (χ1n) is 10.1. The zero-order valence-electron chi connectivity index (χ0n) is 16.9. The van der Waals surface area contributed by atoms with Gasteiger partial charge in [-0.15, -0.1) is 0 Å². The molecule has 1 aliphatic carbocycles. The van der Waals surface area contributed by atoms with E-state index in [4.69, 9.17) is 14.2 Å². The smallest absolute Gasteiger partial charge is 0.258 e. The third-order valence-electron chi connectivity index (χ3n) is 5.28. The first kappa shape index (κ1) is 19.5. The number of rotatable bonds is 6. The molecule has 1 aromatic carbocycles. The van der Waals surface area contributed by atoms with Gasteiger partial charge in [0.25, 0.3) is 5.91 Å². The van der Waals surface area contributed by atoms with Gasteiger partial charge in [-0.05, 0) is 45.6 Å². The Morgan fingerprint density at radius 2 is 2.07 bits per heavy atom. The maximum atomic E-state index is 12.4. The number of fused-ring (bicyclic) bond motifs is 1. The van der Waals surface area contributed by atoms with Crippen LogP contribution in [0, 0.1) is 0 Å². The fourth-order valence-electron chi connectivity index (χ4n) is 3.96. The highest BCUT2D eigenvalue weighted by molar-refractivity contribution is 5.78. The van der Waals surface area contributed by atoms with Crippen LogP contribution in [-0.2, 0) is 11.2 Å². The molecule has 154 valence electrons. The number of amides is 1. The van der Waals surface area contributed by atoms with E-state index in [1.165, 1.54) is 0 Å². The topological polar surface area (TPSA) is 82.6 Å². The van der Waals surface area contributed by atoms with Gasteiger partial charge in [0, 0.05) is 30.4 Å². The Morgan fingerprint density at radius 3 is 2.83 bits per heavy atom. The summed E-state index contributed by atoms with van der Waals surface area (Å²) in [5, 5.41) is 3.07. The van der Waals surface area contributed by atoms with E-state index in [0.717, 1.165) is 43.4 Å². The zero-order valence-corrected chi connectivity index (χ0v) is 16.9. The van der Waals surface area contributed by atoms with E-state index in [9.17, 15) is 4.79 Å². The van der Waals surface area contributed by atoms with Gasteiger partial charge >= 0.3 is 0 Å². The van der Waals surface area contributed by atoms with Gasteiger partial charge in [-0.2, -0.15) is 0 Å². The van der Waals surface area contributed by atoms with E-state index >= 15 is 0 Å². The molecule has 1 aliphatic heterocycles. The lowest BCUT2D eigenvalue weighted by molar-refractivity contribution is -0.124. The van der Waals surface area contributed by atoms with Crippen molar-refractivity contribution in [3.05, 3.63) is 42.4 Å². The quantitative estimate of drug-likeness (QED) is 0.807. The average Bonchev–Trinajstić information content (AvgIpc) is 3.03. The number of nitrogens with zero attached hydrogens (tertiary/aromatic N) is 2. The van der Waals surface area contributed by atoms with Crippen molar-refractivity contribution < 1.29 is 19.0 Å². The summed E-state index contributed by atoms with van der Waals surface area (Å²) in [6, 6.07) is 5.97. The number of aromatic nitrogens is 2. The molecule has 2 aromatic rings. The summed E-state index contributed by atoms with van der Waals surface area (Å²) in [7, 11) is 0. The minimum absolute atomic E-state index is 0.0176. The minimum atomic E-state index is -0.240. The second-order valence-corrected chi connectivity index (χ2v) is 8.27. The minimum Gasteiger partial charge on any atom is -0.483 e. The van der Waals surface area contributed by atoms with Crippen molar-refractivity contribution in [2.75, 3.05) is 6.61 Å². The van der Waals surface area contributed by atoms with Crippen LogP contribution in [0.5, 0.6) is 17.4 Å². The Labute approximate surface area is 170 Å². The van der Waals surface area contributed by atoms with Gasteiger partial charge in [0.15, 0.2) is 18.1 Å². The van der Waals surface area contributed by atoms with Gasteiger partial charge in [-0.25, -0.2) is 4.98 Å². The monoisotopic (exact) mass is 397 g/mol. The predicted octanol–water partition coefficient (Wildman–Crippen LogP) is 3.08. The van der Waals surface area contributed by atoms with Gasteiger partial charge in [0.1, 0.15) is 11.7 Å². The normalized spacial score (nSPS) is 22.3. The molecule has 0 atom stereocenters. The standard InChI is InChI=1S/C22H27N3O4/c1-22(2)12-15-4-3-5-18(21(15)29-22)27-14-19(26)25-16-6-8-17(9-7-16)28-20-13-23-10-11-24-20/h3-5,10-11,13,16-17H,6-9,12,14H2,1-2H3,(H,25,26). The van der Waals surface area contributed by atoms with E-state index in [-0.39, 0.29) is 30.3 Å². The first-order chi connectivity index (χ1) is 14.0. The maximum Gasteiger partial charge on any atom is 0.258 e. The highest BCUT2D eigenvalue weighted by atomic mass is 16.5. The second-order valence-electron chi connectivity index (χ2n) is 8.27. The summed E-state index contributed by atoms with van der Waals surface area (Å²) in [5.74, 6) is 1.82. The highest BCUT2D eigenvalue weighted by Crippen LogP contribution is 2.41. The molecule has 4 rings (SSSR count). The Balaban J connectivity index is 1.22. The SMILES string of the molecule is CC1(C)Cc2cccc(OCC(=O)NC3CCC(Oc4cnccn4)CC3)c2O1. The molecule has 0 radical (unpaired) electrons. The molecule has 0 unspecified atom stereocenters.